The topological polar surface area (TPSA) is 22.1 Å². The third-order valence-electron chi connectivity index (χ3n) is 1.71. The lowest BCUT2D eigenvalue weighted by atomic mass is 10.3. The summed E-state index contributed by atoms with van der Waals surface area (Å²) in [5.41, 5.74) is 1.34. The largest absolute Gasteiger partial charge is 0.437 e. The first-order valence-corrected chi connectivity index (χ1v) is 5.07. The van der Waals surface area contributed by atoms with Crippen molar-refractivity contribution in [3.63, 3.8) is 0 Å². The number of nitrogens with zero attached hydrogens (tertiary/aromatic N) is 1. The highest BCUT2D eigenvalue weighted by Gasteiger charge is 2.36. The maximum absolute atomic E-state index is 13.4. The van der Waals surface area contributed by atoms with Crippen LogP contribution in [0, 0.1) is 0 Å². The Hall–Kier alpha value is -1.49. The number of thiazole rings is 1. The molecular formula is C10H7F2NOS. The van der Waals surface area contributed by atoms with Crippen LogP contribution in [-0.2, 0) is 6.11 Å². The number of rotatable bonds is 3. The van der Waals surface area contributed by atoms with Crippen molar-refractivity contribution in [2.75, 3.05) is 0 Å². The Labute approximate surface area is 89.2 Å². The first-order valence-electron chi connectivity index (χ1n) is 4.19. The fourth-order valence-electron chi connectivity index (χ4n) is 1.05. The SMILES string of the molecule is FC(F)(Oc1ccccc1)c1cncs1. The molecule has 0 unspecified atom stereocenters. The van der Waals surface area contributed by atoms with Crippen LogP contribution >= 0.6 is 11.3 Å². The molecule has 1 aromatic carbocycles. The second-order valence-corrected chi connectivity index (χ2v) is 3.68. The predicted octanol–water partition coefficient (Wildman–Crippen LogP) is 3.27. The average molecular weight is 227 g/mol. The minimum Gasteiger partial charge on any atom is -0.428 e. The zero-order valence-electron chi connectivity index (χ0n) is 7.56. The Morgan fingerprint density at radius 1 is 1.20 bits per heavy atom. The maximum Gasteiger partial charge on any atom is 0.437 e. The molecule has 5 heteroatoms. The third kappa shape index (κ3) is 2.30. The minimum absolute atomic E-state index is 0.135. The molecule has 0 radical (unpaired) electrons. The van der Waals surface area contributed by atoms with Gasteiger partial charge in [-0.3, -0.25) is 4.98 Å². The molecule has 1 heterocycles. The summed E-state index contributed by atoms with van der Waals surface area (Å²) in [6, 6.07) is 7.97. The molecule has 0 N–H and O–H groups in total. The van der Waals surface area contributed by atoms with E-state index in [4.69, 9.17) is 0 Å². The third-order valence-corrected chi connectivity index (χ3v) is 2.53. The monoisotopic (exact) mass is 227 g/mol. The van der Waals surface area contributed by atoms with Gasteiger partial charge in [0.15, 0.2) is 0 Å². The minimum atomic E-state index is -3.32. The van der Waals surface area contributed by atoms with Gasteiger partial charge in [-0.05, 0) is 12.1 Å². The number of hydrogen-bond acceptors (Lipinski definition) is 3. The van der Waals surface area contributed by atoms with Gasteiger partial charge < -0.3 is 4.74 Å². The molecule has 0 saturated carbocycles. The molecule has 0 saturated heterocycles. The highest BCUT2D eigenvalue weighted by Crippen LogP contribution is 2.33. The van der Waals surface area contributed by atoms with E-state index in [-0.39, 0.29) is 10.6 Å². The molecule has 78 valence electrons. The van der Waals surface area contributed by atoms with E-state index in [1.54, 1.807) is 18.2 Å². The van der Waals surface area contributed by atoms with E-state index in [1.807, 2.05) is 0 Å². The Morgan fingerprint density at radius 2 is 1.93 bits per heavy atom. The van der Waals surface area contributed by atoms with Crippen LogP contribution in [0.25, 0.3) is 0 Å². The van der Waals surface area contributed by atoms with Crippen LogP contribution in [0.3, 0.4) is 0 Å². The number of para-hydroxylation sites is 1. The van der Waals surface area contributed by atoms with Crippen molar-refractivity contribution in [3.8, 4) is 5.75 Å². The van der Waals surface area contributed by atoms with Crippen molar-refractivity contribution in [2.24, 2.45) is 0 Å². The number of benzene rings is 1. The summed E-state index contributed by atoms with van der Waals surface area (Å²) in [6.07, 6.45) is -2.21. The van der Waals surface area contributed by atoms with Crippen LogP contribution in [0.1, 0.15) is 4.88 Å². The molecule has 0 bridgehead atoms. The molecule has 0 aliphatic carbocycles. The number of aromatic nitrogens is 1. The van der Waals surface area contributed by atoms with Gasteiger partial charge in [0.05, 0.1) is 11.7 Å². The lowest BCUT2D eigenvalue weighted by Crippen LogP contribution is -2.20. The molecule has 0 aliphatic rings. The Bertz CT molecular complexity index is 416. The summed E-state index contributed by atoms with van der Waals surface area (Å²) in [6.45, 7) is 0. The summed E-state index contributed by atoms with van der Waals surface area (Å²) in [4.78, 5) is 3.39. The van der Waals surface area contributed by atoms with Gasteiger partial charge in [0, 0.05) is 0 Å². The lowest BCUT2D eigenvalue weighted by Gasteiger charge is -2.15. The first-order chi connectivity index (χ1) is 7.18. The van der Waals surface area contributed by atoms with Gasteiger partial charge in [-0.15, -0.1) is 11.3 Å². The van der Waals surface area contributed by atoms with Crippen LogP contribution in [0.4, 0.5) is 8.78 Å². The van der Waals surface area contributed by atoms with Crippen molar-refractivity contribution in [1.82, 2.24) is 4.98 Å². The molecule has 0 aliphatic heterocycles. The smallest absolute Gasteiger partial charge is 0.428 e. The van der Waals surface area contributed by atoms with Crippen LogP contribution in [0.2, 0.25) is 0 Å². The molecule has 15 heavy (non-hydrogen) atoms. The number of hydrogen-bond donors (Lipinski definition) is 0. The van der Waals surface area contributed by atoms with E-state index in [0.717, 1.165) is 17.5 Å². The Balaban J connectivity index is 2.18. The normalized spacial score (nSPS) is 11.3. The van der Waals surface area contributed by atoms with Crippen molar-refractivity contribution in [1.29, 1.82) is 0 Å². The van der Waals surface area contributed by atoms with E-state index in [0.29, 0.717) is 0 Å². The van der Waals surface area contributed by atoms with Gasteiger partial charge in [-0.2, -0.15) is 8.78 Å². The number of halogens is 2. The first kappa shape index (κ1) is 10.0. The van der Waals surface area contributed by atoms with Gasteiger partial charge in [0.2, 0.25) is 0 Å². The highest BCUT2D eigenvalue weighted by molar-refractivity contribution is 7.09. The molecule has 0 atom stereocenters. The van der Waals surface area contributed by atoms with Gasteiger partial charge in [0.25, 0.3) is 0 Å². The van der Waals surface area contributed by atoms with E-state index in [2.05, 4.69) is 9.72 Å². The molecule has 2 rings (SSSR count). The van der Waals surface area contributed by atoms with Crippen molar-refractivity contribution < 1.29 is 13.5 Å². The van der Waals surface area contributed by atoms with Gasteiger partial charge in [-0.1, -0.05) is 18.2 Å². The van der Waals surface area contributed by atoms with E-state index in [9.17, 15) is 8.78 Å². The van der Waals surface area contributed by atoms with Gasteiger partial charge >= 0.3 is 6.11 Å². The lowest BCUT2D eigenvalue weighted by molar-refractivity contribution is -0.182. The fourth-order valence-corrected chi connectivity index (χ4v) is 1.58. The maximum atomic E-state index is 13.4. The molecule has 2 nitrogen and oxygen atoms in total. The number of alkyl halides is 2. The standard InChI is InChI=1S/C10H7F2NOS/c11-10(12,9-6-13-7-15-9)14-8-4-2-1-3-5-8/h1-7H. The van der Waals surface area contributed by atoms with Crippen LogP contribution in [-0.4, -0.2) is 4.98 Å². The van der Waals surface area contributed by atoms with Crippen LogP contribution in [0.15, 0.2) is 42.0 Å². The highest BCUT2D eigenvalue weighted by atomic mass is 32.1. The Morgan fingerprint density at radius 3 is 2.53 bits per heavy atom. The Kier molecular flexibility index (Phi) is 2.64. The molecule has 0 amide bonds. The second kappa shape index (κ2) is 3.94. The quantitative estimate of drug-likeness (QED) is 0.802. The van der Waals surface area contributed by atoms with Gasteiger partial charge in [0.1, 0.15) is 10.6 Å². The second-order valence-electron chi connectivity index (χ2n) is 2.80. The fraction of sp³-hybridized carbons (Fsp3) is 0.100. The van der Waals surface area contributed by atoms with Crippen molar-refractivity contribution >= 4 is 11.3 Å². The van der Waals surface area contributed by atoms with Crippen molar-refractivity contribution in [3.05, 3.63) is 46.9 Å². The molecule has 1 aromatic heterocycles. The van der Waals surface area contributed by atoms with Gasteiger partial charge in [-0.25, -0.2) is 0 Å². The van der Waals surface area contributed by atoms with E-state index >= 15 is 0 Å². The zero-order chi connectivity index (χ0) is 10.7. The predicted molar refractivity (Wildman–Crippen MR) is 53.1 cm³/mol. The van der Waals surface area contributed by atoms with E-state index < -0.39 is 6.11 Å². The summed E-state index contributed by atoms with van der Waals surface area (Å²) in [7, 11) is 0. The summed E-state index contributed by atoms with van der Waals surface area (Å²) in [5, 5.41) is 0. The summed E-state index contributed by atoms with van der Waals surface area (Å²) >= 11 is 0.863. The van der Waals surface area contributed by atoms with Crippen molar-refractivity contribution in [2.45, 2.75) is 6.11 Å². The summed E-state index contributed by atoms with van der Waals surface area (Å²) < 4.78 is 31.4. The molecule has 0 fully saturated rings. The van der Waals surface area contributed by atoms with Crippen LogP contribution in [0.5, 0.6) is 5.75 Å². The average Bonchev–Trinajstić information content (AvgIpc) is 2.71. The zero-order valence-corrected chi connectivity index (χ0v) is 8.38. The summed E-state index contributed by atoms with van der Waals surface area (Å²) in [5.74, 6) is 0.135. The van der Waals surface area contributed by atoms with Crippen LogP contribution < -0.4 is 4.74 Å². The molecular weight excluding hydrogens is 220 g/mol. The number of ether oxygens (including phenoxy) is 1. The molecule has 2 aromatic rings. The van der Waals surface area contributed by atoms with E-state index in [1.165, 1.54) is 17.6 Å². The molecule has 0 spiro atoms.